The number of hydrogen-bond donors (Lipinski definition) is 1. The molecule has 0 bridgehead atoms. The van der Waals surface area contributed by atoms with Crippen molar-refractivity contribution in [2.24, 2.45) is 0 Å². The Labute approximate surface area is 122 Å². The van der Waals surface area contributed by atoms with Crippen LogP contribution in [-0.4, -0.2) is 21.1 Å². The van der Waals surface area contributed by atoms with Gasteiger partial charge < -0.3 is 0 Å². The number of nitrogens with zero attached hydrogens (tertiary/aromatic N) is 1. The largest absolute Gasteiger partial charge is 0.329 e. The normalized spacial score (nSPS) is 12.9. The topological polar surface area (TPSA) is 54.9 Å². The summed E-state index contributed by atoms with van der Waals surface area (Å²) in [5.41, 5.74) is -0.206. The molecule has 0 fully saturated rings. The fourth-order valence-electron chi connectivity index (χ4n) is 1.97. The van der Waals surface area contributed by atoms with Crippen molar-refractivity contribution in [2.75, 3.05) is 11.5 Å². The summed E-state index contributed by atoms with van der Waals surface area (Å²) in [7, 11) is 0. The zero-order valence-corrected chi connectivity index (χ0v) is 13.4. The average molecular weight is 305 g/mol. The molecule has 0 spiro atoms. The molecule has 1 N–H and O–H groups in total. The van der Waals surface area contributed by atoms with Gasteiger partial charge in [0.25, 0.3) is 5.56 Å². The van der Waals surface area contributed by atoms with Gasteiger partial charge in [0.15, 0.2) is 0 Å². The molecule has 0 radical (unpaired) electrons. The van der Waals surface area contributed by atoms with Crippen LogP contribution in [0.5, 0.6) is 0 Å². The van der Waals surface area contributed by atoms with Crippen LogP contribution in [0.25, 0.3) is 0 Å². The molecular formula is C13H21ClN2O2S. The maximum Gasteiger partial charge on any atom is 0.329 e. The Morgan fingerprint density at radius 3 is 2.47 bits per heavy atom. The Morgan fingerprint density at radius 1 is 1.32 bits per heavy atom. The van der Waals surface area contributed by atoms with Crippen molar-refractivity contribution in [3.05, 3.63) is 31.6 Å². The molecule has 1 unspecified atom stereocenters. The molecular weight excluding hydrogens is 284 g/mol. The van der Waals surface area contributed by atoms with Crippen molar-refractivity contribution >= 4 is 23.4 Å². The third-order valence-electron chi connectivity index (χ3n) is 3.02. The SMILES string of the molecule is CCSCCC(C)n1c(=O)[nH]c(Cl)c(C(C)C)c1=O. The number of aromatic amines is 1. The highest BCUT2D eigenvalue weighted by molar-refractivity contribution is 7.99. The fraction of sp³-hybridized carbons (Fsp3) is 0.692. The summed E-state index contributed by atoms with van der Waals surface area (Å²) in [4.78, 5) is 26.9. The van der Waals surface area contributed by atoms with E-state index < -0.39 is 5.69 Å². The van der Waals surface area contributed by atoms with Gasteiger partial charge in [-0.3, -0.25) is 14.3 Å². The standard InChI is InChI=1S/C13H21ClN2O2S/c1-5-19-7-6-9(4)16-12(17)10(8(2)3)11(14)15-13(16)18/h8-9H,5-7H2,1-4H3,(H,15,18). The van der Waals surface area contributed by atoms with E-state index in [1.165, 1.54) is 4.57 Å². The lowest BCUT2D eigenvalue weighted by atomic mass is 10.1. The number of hydrogen-bond acceptors (Lipinski definition) is 3. The van der Waals surface area contributed by atoms with E-state index in [1.807, 2.05) is 20.8 Å². The van der Waals surface area contributed by atoms with Crippen molar-refractivity contribution in [3.8, 4) is 0 Å². The Morgan fingerprint density at radius 2 is 1.95 bits per heavy atom. The smallest absolute Gasteiger partial charge is 0.297 e. The van der Waals surface area contributed by atoms with Crippen LogP contribution in [0, 0.1) is 0 Å². The van der Waals surface area contributed by atoms with Gasteiger partial charge in [-0.05, 0) is 30.8 Å². The lowest BCUT2D eigenvalue weighted by Gasteiger charge is -2.16. The fourth-order valence-corrected chi connectivity index (χ4v) is 3.14. The first-order valence-corrected chi connectivity index (χ1v) is 8.05. The molecule has 0 aliphatic heterocycles. The van der Waals surface area contributed by atoms with Crippen molar-refractivity contribution in [2.45, 2.75) is 46.1 Å². The van der Waals surface area contributed by atoms with Gasteiger partial charge in [-0.2, -0.15) is 11.8 Å². The zero-order valence-electron chi connectivity index (χ0n) is 11.8. The van der Waals surface area contributed by atoms with E-state index in [-0.39, 0.29) is 22.7 Å². The summed E-state index contributed by atoms with van der Waals surface area (Å²) in [5, 5.41) is 0.163. The van der Waals surface area contributed by atoms with Gasteiger partial charge in [-0.25, -0.2) is 4.79 Å². The van der Waals surface area contributed by atoms with Gasteiger partial charge in [-0.15, -0.1) is 0 Å². The number of H-pyrrole nitrogens is 1. The molecule has 1 aromatic rings. The third-order valence-corrected chi connectivity index (χ3v) is 4.25. The second kappa shape index (κ2) is 7.20. The zero-order chi connectivity index (χ0) is 14.6. The van der Waals surface area contributed by atoms with Crippen molar-refractivity contribution in [3.63, 3.8) is 0 Å². The van der Waals surface area contributed by atoms with Gasteiger partial charge in [0, 0.05) is 6.04 Å². The summed E-state index contributed by atoms with van der Waals surface area (Å²) in [6.45, 7) is 7.77. The predicted octanol–water partition coefficient (Wildman–Crippen LogP) is 3.02. The van der Waals surface area contributed by atoms with Gasteiger partial charge in [0.05, 0.1) is 5.56 Å². The second-order valence-electron chi connectivity index (χ2n) is 4.82. The lowest BCUT2D eigenvalue weighted by Crippen LogP contribution is -2.39. The van der Waals surface area contributed by atoms with Crippen LogP contribution in [0.3, 0.4) is 0 Å². The molecule has 1 heterocycles. The van der Waals surface area contributed by atoms with E-state index in [1.54, 1.807) is 11.8 Å². The predicted molar refractivity (Wildman–Crippen MR) is 82.7 cm³/mol. The molecule has 0 aliphatic rings. The number of aromatic nitrogens is 2. The van der Waals surface area contributed by atoms with Crippen molar-refractivity contribution in [1.82, 2.24) is 9.55 Å². The van der Waals surface area contributed by atoms with E-state index in [9.17, 15) is 9.59 Å². The van der Waals surface area contributed by atoms with Crippen LogP contribution in [0.15, 0.2) is 9.59 Å². The minimum absolute atomic E-state index is 0.0136. The second-order valence-corrected chi connectivity index (χ2v) is 6.59. The van der Waals surface area contributed by atoms with E-state index in [4.69, 9.17) is 11.6 Å². The molecule has 0 saturated carbocycles. The highest BCUT2D eigenvalue weighted by atomic mass is 35.5. The lowest BCUT2D eigenvalue weighted by molar-refractivity contribution is 0.487. The highest BCUT2D eigenvalue weighted by Crippen LogP contribution is 2.18. The maximum absolute atomic E-state index is 12.4. The van der Waals surface area contributed by atoms with Crippen LogP contribution < -0.4 is 11.2 Å². The maximum atomic E-state index is 12.4. The molecule has 0 saturated heterocycles. The van der Waals surface area contributed by atoms with Crippen LogP contribution in [0.4, 0.5) is 0 Å². The molecule has 108 valence electrons. The van der Waals surface area contributed by atoms with Crippen molar-refractivity contribution in [1.29, 1.82) is 0 Å². The number of halogens is 1. The third kappa shape index (κ3) is 3.89. The molecule has 1 atom stereocenters. The van der Waals surface area contributed by atoms with Crippen molar-refractivity contribution < 1.29 is 0 Å². The summed E-state index contributed by atoms with van der Waals surface area (Å²) in [6, 6.07) is -0.120. The van der Waals surface area contributed by atoms with Crippen LogP contribution in [-0.2, 0) is 0 Å². The highest BCUT2D eigenvalue weighted by Gasteiger charge is 2.18. The van der Waals surface area contributed by atoms with Gasteiger partial charge >= 0.3 is 5.69 Å². The molecule has 19 heavy (non-hydrogen) atoms. The summed E-state index contributed by atoms with van der Waals surface area (Å²) >= 11 is 7.76. The Hall–Kier alpha value is -0.680. The molecule has 1 aromatic heterocycles. The molecule has 4 nitrogen and oxygen atoms in total. The van der Waals surface area contributed by atoms with E-state index in [0.29, 0.717) is 5.56 Å². The Bertz CT molecular complexity index is 536. The van der Waals surface area contributed by atoms with Crippen LogP contribution in [0.1, 0.15) is 51.6 Å². The molecule has 0 amide bonds. The quantitative estimate of drug-likeness (QED) is 0.649. The summed E-state index contributed by atoms with van der Waals surface area (Å²) in [5.74, 6) is 1.96. The Balaban J connectivity index is 3.17. The minimum atomic E-state index is -0.423. The molecule has 6 heteroatoms. The summed E-state index contributed by atoms with van der Waals surface area (Å²) < 4.78 is 1.29. The number of nitrogens with one attached hydrogen (secondary N) is 1. The first-order chi connectivity index (χ1) is 8.90. The first-order valence-electron chi connectivity index (χ1n) is 6.52. The van der Waals surface area contributed by atoms with Gasteiger partial charge in [0.2, 0.25) is 0 Å². The molecule has 0 aliphatic carbocycles. The van der Waals surface area contributed by atoms with Crippen LogP contribution in [0.2, 0.25) is 5.15 Å². The minimum Gasteiger partial charge on any atom is -0.297 e. The first kappa shape index (κ1) is 16.4. The average Bonchev–Trinajstić information content (AvgIpc) is 2.27. The molecule has 0 aromatic carbocycles. The van der Waals surface area contributed by atoms with Gasteiger partial charge in [-0.1, -0.05) is 32.4 Å². The van der Waals surface area contributed by atoms with E-state index >= 15 is 0 Å². The van der Waals surface area contributed by atoms with Crippen LogP contribution >= 0.6 is 23.4 Å². The van der Waals surface area contributed by atoms with E-state index in [0.717, 1.165) is 17.9 Å². The molecule has 1 rings (SSSR count). The summed E-state index contributed by atoms with van der Waals surface area (Å²) in [6.07, 6.45) is 0.792. The number of rotatable bonds is 6. The van der Waals surface area contributed by atoms with Gasteiger partial charge in [0.1, 0.15) is 5.15 Å². The monoisotopic (exact) mass is 304 g/mol. The number of thioether (sulfide) groups is 1. The Kier molecular flexibility index (Phi) is 6.20. The van der Waals surface area contributed by atoms with E-state index in [2.05, 4.69) is 11.9 Å².